The molecule has 1 saturated heterocycles. The van der Waals surface area contributed by atoms with Crippen molar-refractivity contribution in [3.05, 3.63) is 18.2 Å². The predicted molar refractivity (Wildman–Crippen MR) is 60.6 cm³/mol. The quantitative estimate of drug-likeness (QED) is 0.776. The molecular formula is C11H20N4. The lowest BCUT2D eigenvalue weighted by Crippen LogP contribution is -2.18. The molecule has 4 nitrogen and oxygen atoms in total. The topological polar surface area (TPSA) is 47.1 Å². The van der Waals surface area contributed by atoms with Gasteiger partial charge in [0.25, 0.3) is 0 Å². The average Bonchev–Trinajstić information content (AvgIpc) is 2.78. The van der Waals surface area contributed by atoms with Crippen LogP contribution in [0.15, 0.2) is 12.5 Å². The van der Waals surface area contributed by atoms with Gasteiger partial charge in [0.1, 0.15) is 0 Å². The van der Waals surface area contributed by atoms with Gasteiger partial charge in [0, 0.05) is 31.4 Å². The monoisotopic (exact) mass is 208 g/mol. The van der Waals surface area contributed by atoms with Crippen LogP contribution in [0.4, 0.5) is 0 Å². The van der Waals surface area contributed by atoms with Gasteiger partial charge in [-0.05, 0) is 32.5 Å². The van der Waals surface area contributed by atoms with E-state index in [9.17, 15) is 0 Å². The molecule has 0 spiro atoms. The predicted octanol–water partition coefficient (Wildman–Crippen LogP) is 0.336. The van der Waals surface area contributed by atoms with Crippen molar-refractivity contribution >= 4 is 0 Å². The van der Waals surface area contributed by atoms with Crippen LogP contribution in [-0.2, 0) is 13.0 Å². The van der Waals surface area contributed by atoms with Gasteiger partial charge in [-0.25, -0.2) is 4.98 Å². The van der Waals surface area contributed by atoms with Crippen molar-refractivity contribution in [2.24, 2.45) is 11.7 Å². The Bertz CT molecular complexity index is 307. The minimum Gasteiger partial charge on any atom is -0.334 e. The van der Waals surface area contributed by atoms with E-state index in [1.807, 2.05) is 12.5 Å². The molecule has 0 amide bonds. The number of nitrogens with two attached hydrogens (primary N) is 1. The van der Waals surface area contributed by atoms with E-state index in [1.54, 1.807) is 0 Å². The molecule has 0 bridgehead atoms. The third-order valence-electron chi connectivity index (χ3n) is 3.14. The van der Waals surface area contributed by atoms with Crippen LogP contribution in [0.25, 0.3) is 0 Å². The van der Waals surface area contributed by atoms with E-state index in [4.69, 9.17) is 5.73 Å². The number of imidazole rings is 1. The Kier molecular flexibility index (Phi) is 3.38. The summed E-state index contributed by atoms with van der Waals surface area (Å²) in [7, 11) is 2.19. The zero-order chi connectivity index (χ0) is 10.7. The summed E-state index contributed by atoms with van der Waals surface area (Å²) in [5.41, 5.74) is 6.84. The Morgan fingerprint density at radius 2 is 2.47 bits per heavy atom. The second kappa shape index (κ2) is 4.77. The molecule has 2 N–H and O–H groups in total. The van der Waals surface area contributed by atoms with Crippen molar-refractivity contribution in [2.75, 3.05) is 26.7 Å². The van der Waals surface area contributed by atoms with E-state index < -0.39 is 0 Å². The van der Waals surface area contributed by atoms with Gasteiger partial charge in [0.2, 0.25) is 0 Å². The highest BCUT2D eigenvalue weighted by Gasteiger charge is 2.20. The lowest BCUT2D eigenvalue weighted by atomic mass is 10.1. The van der Waals surface area contributed by atoms with Gasteiger partial charge in [-0.2, -0.15) is 0 Å². The Balaban J connectivity index is 1.95. The summed E-state index contributed by atoms with van der Waals surface area (Å²) in [5, 5.41) is 0. The van der Waals surface area contributed by atoms with E-state index in [1.165, 1.54) is 25.2 Å². The molecule has 1 aliphatic heterocycles. The molecule has 15 heavy (non-hydrogen) atoms. The molecule has 1 fully saturated rings. The van der Waals surface area contributed by atoms with Crippen LogP contribution < -0.4 is 5.73 Å². The van der Waals surface area contributed by atoms with Crippen LogP contribution in [0, 0.1) is 5.92 Å². The maximum Gasteiger partial charge on any atom is 0.0948 e. The second-order valence-corrected chi connectivity index (χ2v) is 4.49. The molecule has 0 radical (unpaired) electrons. The summed E-state index contributed by atoms with van der Waals surface area (Å²) in [6.45, 7) is 4.24. The normalized spacial score (nSPS) is 22.4. The smallest absolute Gasteiger partial charge is 0.0948 e. The maximum atomic E-state index is 5.57. The first-order valence-electron chi connectivity index (χ1n) is 5.67. The Hall–Kier alpha value is -0.870. The average molecular weight is 208 g/mol. The van der Waals surface area contributed by atoms with Gasteiger partial charge in [-0.1, -0.05) is 0 Å². The molecule has 1 aliphatic rings. The van der Waals surface area contributed by atoms with Gasteiger partial charge in [0.15, 0.2) is 0 Å². The molecule has 4 heteroatoms. The van der Waals surface area contributed by atoms with Crippen molar-refractivity contribution in [2.45, 2.75) is 19.4 Å². The first-order chi connectivity index (χ1) is 7.29. The fraction of sp³-hybridized carbons (Fsp3) is 0.727. The number of rotatable bonds is 4. The molecule has 1 atom stereocenters. The van der Waals surface area contributed by atoms with E-state index in [0.29, 0.717) is 6.54 Å². The number of hydrogen-bond acceptors (Lipinski definition) is 3. The summed E-state index contributed by atoms with van der Waals surface area (Å²) < 4.78 is 2.26. The molecule has 1 aromatic rings. The zero-order valence-corrected chi connectivity index (χ0v) is 9.39. The molecule has 0 aliphatic carbocycles. The zero-order valence-electron chi connectivity index (χ0n) is 9.39. The van der Waals surface area contributed by atoms with E-state index in [0.717, 1.165) is 18.9 Å². The van der Waals surface area contributed by atoms with Gasteiger partial charge in [-0.3, -0.25) is 0 Å². The van der Waals surface area contributed by atoms with Crippen LogP contribution in [0.1, 0.15) is 12.1 Å². The van der Waals surface area contributed by atoms with Gasteiger partial charge in [0.05, 0.1) is 6.33 Å². The van der Waals surface area contributed by atoms with Crippen molar-refractivity contribution in [1.82, 2.24) is 14.5 Å². The van der Waals surface area contributed by atoms with Crippen LogP contribution in [-0.4, -0.2) is 41.1 Å². The lowest BCUT2D eigenvalue weighted by Gasteiger charge is -2.13. The van der Waals surface area contributed by atoms with E-state index in [-0.39, 0.29) is 0 Å². The summed E-state index contributed by atoms with van der Waals surface area (Å²) in [6, 6.07) is 0. The fourth-order valence-electron chi connectivity index (χ4n) is 2.32. The van der Waals surface area contributed by atoms with Gasteiger partial charge in [-0.15, -0.1) is 0 Å². The minimum absolute atomic E-state index is 0.705. The largest absolute Gasteiger partial charge is 0.334 e. The van der Waals surface area contributed by atoms with Crippen molar-refractivity contribution in [1.29, 1.82) is 0 Å². The van der Waals surface area contributed by atoms with Crippen LogP contribution in [0.2, 0.25) is 0 Å². The van der Waals surface area contributed by atoms with E-state index in [2.05, 4.69) is 21.5 Å². The SMILES string of the molecule is CN1CCC(Cn2cncc2CCN)C1. The van der Waals surface area contributed by atoms with Crippen molar-refractivity contribution in [3.63, 3.8) is 0 Å². The third kappa shape index (κ3) is 2.58. The summed E-state index contributed by atoms with van der Waals surface area (Å²) in [4.78, 5) is 6.59. The first kappa shape index (κ1) is 10.6. The Labute approximate surface area is 91.1 Å². The van der Waals surface area contributed by atoms with Crippen LogP contribution >= 0.6 is 0 Å². The highest BCUT2D eigenvalue weighted by atomic mass is 15.1. The highest BCUT2D eigenvalue weighted by molar-refractivity contribution is 4.99. The van der Waals surface area contributed by atoms with Gasteiger partial charge < -0.3 is 15.2 Å². The third-order valence-corrected chi connectivity index (χ3v) is 3.14. The molecule has 1 aromatic heterocycles. The van der Waals surface area contributed by atoms with Crippen LogP contribution in [0.5, 0.6) is 0 Å². The number of aromatic nitrogens is 2. The van der Waals surface area contributed by atoms with Crippen molar-refractivity contribution in [3.8, 4) is 0 Å². The fourth-order valence-corrected chi connectivity index (χ4v) is 2.32. The summed E-state index contributed by atoms with van der Waals surface area (Å²) in [5.74, 6) is 0.778. The maximum absolute atomic E-state index is 5.57. The highest BCUT2D eigenvalue weighted by Crippen LogP contribution is 2.17. The molecule has 2 heterocycles. The van der Waals surface area contributed by atoms with Crippen LogP contribution in [0.3, 0.4) is 0 Å². The molecule has 0 saturated carbocycles. The molecule has 1 unspecified atom stereocenters. The number of nitrogens with zero attached hydrogens (tertiary/aromatic N) is 3. The van der Waals surface area contributed by atoms with E-state index >= 15 is 0 Å². The number of likely N-dealkylation sites (tertiary alicyclic amines) is 1. The number of hydrogen-bond donors (Lipinski definition) is 1. The molecule has 84 valence electrons. The Morgan fingerprint density at radius 1 is 1.60 bits per heavy atom. The summed E-state index contributed by atoms with van der Waals surface area (Å²) in [6.07, 6.45) is 6.11. The first-order valence-corrected chi connectivity index (χ1v) is 5.67. The molecule has 0 aromatic carbocycles. The standard InChI is InChI=1S/C11H20N4/c1-14-5-3-10(7-14)8-15-9-13-6-11(15)2-4-12/h6,9-10H,2-5,7-8,12H2,1H3. The van der Waals surface area contributed by atoms with Gasteiger partial charge >= 0.3 is 0 Å². The molecule has 2 rings (SSSR count). The van der Waals surface area contributed by atoms with Crippen molar-refractivity contribution < 1.29 is 0 Å². The lowest BCUT2D eigenvalue weighted by molar-refractivity contribution is 0.376. The summed E-state index contributed by atoms with van der Waals surface area (Å²) >= 11 is 0. The Morgan fingerprint density at radius 3 is 3.13 bits per heavy atom. The second-order valence-electron chi connectivity index (χ2n) is 4.49. The minimum atomic E-state index is 0.705. The molecular weight excluding hydrogens is 188 g/mol.